The van der Waals surface area contributed by atoms with Gasteiger partial charge in [-0.2, -0.15) is 0 Å². The molecule has 148 valence electrons. The molecule has 4 nitrogen and oxygen atoms in total. The number of nitrogens with zero attached hydrogens (tertiary/aromatic N) is 1. The monoisotopic (exact) mass is 355 g/mol. The summed E-state index contributed by atoms with van der Waals surface area (Å²) in [5, 5.41) is 22.5. The molecule has 0 amide bonds. The number of carboxylic acids is 1. The Bertz CT molecular complexity index is 360. The van der Waals surface area contributed by atoms with Crippen LogP contribution in [0.4, 0.5) is 0 Å². The lowest BCUT2D eigenvalue weighted by molar-refractivity contribution is -0.948. The first-order valence-electron chi connectivity index (χ1n) is 10.4. The molecular weight excluding hydrogens is 314 g/mol. The van der Waals surface area contributed by atoms with Gasteiger partial charge in [-0.1, -0.05) is 59.1 Å². The third kappa shape index (κ3) is 9.41. The van der Waals surface area contributed by atoms with E-state index in [2.05, 4.69) is 32.9 Å². The Balaban J connectivity index is 5.33. The van der Waals surface area contributed by atoms with E-state index in [1.165, 1.54) is 0 Å². The fraction of sp³-hybridized carbons (Fsp3) is 0.857. The highest BCUT2D eigenvalue weighted by Crippen LogP contribution is 2.23. The zero-order chi connectivity index (χ0) is 19.1. The number of carbonyl (C=O) groups excluding carboxylic acids is 1. The van der Waals surface area contributed by atoms with Gasteiger partial charge in [0.1, 0.15) is 18.7 Å². The van der Waals surface area contributed by atoms with Gasteiger partial charge < -0.3 is 19.5 Å². The highest BCUT2D eigenvalue weighted by Gasteiger charge is 2.38. The molecule has 0 aliphatic heterocycles. The van der Waals surface area contributed by atoms with Crippen molar-refractivity contribution in [3.05, 3.63) is 12.2 Å². The SMILES string of the molecule is CC/C=C/CCC(O)C[N+](CCCC)(CCCC)C(CCC)C(=O)[O-]. The Kier molecular flexibility index (Phi) is 13.8. The van der Waals surface area contributed by atoms with Crippen molar-refractivity contribution in [2.45, 2.75) is 97.6 Å². The number of aliphatic hydroxyl groups excluding tert-OH is 1. The fourth-order valence-corrected chi connectivity index (χ4v) is 3.65. The van der Waals surface area contributed by atoms with Gasteiger partial charge >= 0.3 is 0 Å². The van der Waals surface area contributed by atoms with Crippen LogP contribution in [0.3, 0.4) is 0 Å². The molecular formula is C21H41NO3. The van der Waals surface area contributed by atoms with E-state index in [1.807, 2.05) is 6.92 Å². The van der Waals surface area contributed by atoms with Gasteiger partial charge in [-0.05, 0) is 32.1 Å². The maximum atomic E-state index is 11.9. The average molecular weight is 356 g/mol. The minimum atomic E-state index is -0.952. The van der Waals surface area contributed by atoms with E-state index in [4.69, 9.17) is 0 Å². The van der Waals surface area contributed by atoms with Gasteiger partial charge in [0, 0.05) is 6.42 Å². The maximum Gasteiger partial charge on any atom is 0.129 e. The fourth-order valence-electron chi connectivity index (χ4n) is 3.65. The largest absolute Gasteiger partial charge is 0.544 e. The number of unbranched alkanes of at least 4 members (excludes halogenated alkanes) is 2. The molecule has 4 heteroatoms. The Morgan fingerprint density at radius 1 is 1.00 bits per heavy atom. The van der Waals surface area contributed by atoms with Crippen LogP contribution in [0.2, 0.25) is 0 Å². The number of allylic oxidation sites excluding steroid dienone is 2. The van der Waals surface area contributed by atoms with Crippen LogP contribution in [0.15, 0.2) is 12.2 Å². The summed E-state index contributed by atoms with van der Waals surface area (Å²) in [5.74, 6) is -0.952. The predicted octanol–water partition coefficient (Wildman–Crippen LogP) is 3.43. The summed E-state index contributed by atoms with van der Waals surface area (Å²) in [4.78, 5) is 11.9. The minimum Gasteiger partial charge on any atom is -0.544 e. The standard InChI is InChI=1S/C21H41NO3/c1-5-9-12-13-15-19(23)18-22(16-10-6-2,17-11-7-3)20(14-8-4)21(24)25/h9,12,19-20,23H,5-8,10-11,13-18H2,1-4H3/b12-9+. The molecule has 1 N–H and O–H groups in total. The summed E-state index contributed by atoms with van der Waals surface area (Å²) in [5.41, 5.74) is 0. The summed E-state index contributed by atoms with van der Waals surface area (Å²) >= 11 is 0. The van der Waals surface area contributed by atoms with Crippen LogP contribution in [0, 0.1) is 0 Å². The topological polar surface area (TPSA) is 60.4 Å². The van der Waals surface area contributed by atoms with Crippen LogP contribution >= 0.6 is 0 Å². The zero-order valence-corrected chi connectivity index (χ0v) is 17.0. The van der Waals surface area contributed by atoms with Gasteiger partial charge in [0.2, 0.25) is 0 Å². The number of hydrogen-bond acceptors (Lipinski definition) is 3. The van der Waals surface area contributed by atoms with Crippen molar-refractivity contribution in [2.24, 2.45) is 0 Å². The van der Waals surface area contributed by atoms with Gasteiger partial charge in [-0.25, -0.2) is 0 Å². The first-order chi connectivity index (χ1) is 12.0. The van der Waals surface area contributed by atoms with Crippen molar-refractivity contribution in [2.75, 3.05) is 19.6 Å². The van der Waals surface area contributed by atoms with Crippen LogP contribution in [-0.2, 0) is 4.79 Å². The van der Waals surface area contributed by atoms with E-state index in [-0.39, 0.29) is 0 Å². The van der Waals surface area contributed by atoms with Crippen molar-refractivity contribution in [3.8, 4) is 0 Å². The minimum absolute atomic E-state index is 0.464. The Morgan fingerprint density at radius 3 is 2.04 bits per heavy atom. The van der Waals surface area contributed by atoms with Crippen LogP contribution in [0.5, 0.6) is 0 Å². The van der Waals surface area contributed by atoms with Gasteiger partial charge in [-0.15, -0.1) is 0 Å². The molecule has 0 heterocycles. The molecule has 0 aromatic carbocycles. The lowest BCUT2D eigenvalue weighted by Gasteiger charge is -2.47. The lowest BCUT2D eigenvalue weighted by Crippen LogP contribution is -2.64. The molecule has 0 fully saturated rings. The van der Waals surface area contributed by atoms with Crippen LogP contribution in [0.25, 0.3) is 0 Å². The van der Waals surface area contributed by atoms with E-state index in [0.717, 1.165) is 58.0 Å². The number of quaternary nitrogens is 1. The Morgan fingerprint density at radius 2 is 1.60 bits per heavy atom. The summed E-state index contributed by atoms with van der Waals surface area (Å²) in [6, 6.07) is -0.510. The molecule has 25 heavy (non-hydrogen) atoms. The van der Waals surface area contributed by atoms with E-state index < -0.39 is 18.1 Å². The molecule has 0 aromatic rings. The molecule has 2 atom stereocenters. The molecule has 0 aliphatic rings. The van der Waals surface area contributed by atoms with E-state index in [1.54, 1.807) is 0 Å². The van der Waals surface area contributed by atoms with Gasteiger partial charge in [0.05, 0.1) is 19.1 Å². The van der Waals surface area contributed by atoms with E-state index in [0.29, 0.717) is 23.9 Å². The third-order valence-corrected chi connectivity index (χ3v) is 5.05. The third-order valence-electron chi connectivity index (χ3n) is 5.05. The van der Waals surface area contributed by atoms with Crippen molar-refractivity contribution in [1.82, 2.24) is 0 Å². The first kappa shape index (κ1) is 24.1. The summed E-state index contributed by atoms with van der Waals surface area (Å²) in [7, 11) is 0. The number of rotatable bonds is 16. The van der Waals surface area contributed by atoms with Crippen LogP contribution in [0.1, 0.15) is 85.5 Å². The molecule has 0 saturated carbocycles. The normalized spacial score (nSPS) is 14.8. The summed E-state index contributed by atoms with van der Waals surface area (Å²) < 4.78 is 0.483. The average Bonchev–Trinajstić information content (AvgIpc) is 2.59. The van der Waals surface area contributed by atoms with Crippen molar-refractivity contribution >= 4 is 5.97 Å². The summed E-state index contributed by atoms with van der Waals surface area (Å²) in [6.45, 7) is 10.5. The highest BCUT2D eigenvalue weighted by molar-refractivity contribution is 5.69. The second-order valence-electron chi connectivity index (χ2n) is 7.29. The molecule has 0 radical (unpaired) electrons. The molecule has 0 aliphatic carbocycles. The van der Waals surface area contributed by atoms with Crippen molar-refractivity contribution in [3.63, 3.8) is 0 Å². The number of hydrogen-bond donors (Lipinski definition) is 1. The number of carbonyl (C=O) groups is 1. The smallest absolute Gasteiger partial charge is 0.129 e. The van der Waals surface area contributed by atoms with Gasteiger partial charge in [0.15, 0.2) is 0 Å². The van der Waals surface area contributed by atoms with Crippen molar-refractivity contribution in [1.29, 1.82) is 0 Å². The highest BCUT2D eigenvalue weighted by atomic mass is 16.4. The second kappa shape index (κ2) is 14.3. The molecule has 0 rings (SSSR count). The first-order valence-corrected chi connectivity index (χ1v) is 10.4. The molecule has 2 unspecified atom stereocenters. The molecule has 0 bridgehead atoms. The maximum absolute atomic E-state index is 11.9. The lowest BCUT2D eigenvalue weighted by atomic mass is 10.0. The Labute approximate surface area is 155 Å². The van der Waals surface area contributed by atoms with E-state index in [9.17, 15) is 15.0 Å². The van der Waals surface area contributed by atoms with Crippen LogP contribution < -0.4 is 5.11 Å². The second-order valence-corrected chi connectivity index (χ2v) is 7.29. The number of aliphatic hydroxyl groups is 1. The molecule has 0 saturated heterocycles. The quantitative estimate of drug-likeness (QED) is 0.341. The van der Waals surface area contributed by atoms with Crippen LogP contribution in [-0.4, -0.2) is 47.3 Å². The summed E-state index contributed by atoms with van der Waals surface area (Å²) in [6.07, 6.45) is 11.8. The van der Waals surface area contributed by atoms with E-state index >= 15 is 0 Å². The number of carboxylic acid groups (broad SMARTS) is 1. The predicted molar refractivity (Wildman–Crippen MR) is 103 cm³/mol. The van der Waals surface area contributed by atoms with Gasteiger partial charge in [-0.3, -0.25) is 0 Å². The van der Waals surface area contributed by atoms with Gasteiger partial charge in [0.25, 0.3) is 0 Å². The zero-order valence-electron chi connectivity index (χ0n) is 17.0. The molecule has 0 aromatic heterocycles. The Hall–Kier alpha value is -0.870. The van der Waals surface area contributed by atoms with Crippen molar-refractivity contribution < 1.29 is 19.5 Å². The number of aliphatic carboxylic acids is 1. The molecule has 0 spiro atoms.